The molecule has 0 amide bonds. The van der Waals surface area contributed by atoms with Crippen LogP contribution in [0.4, 0.5) is 13.2 Å². The maximum absolute atomic E-state index is 13.1. The van der Waals surface area contributed by atoms with Gasteiger partial charge in [-0.1, -0.05) is 12.1 Å². The second kappa shape index (κ2) is 5.95. The first kappa shape index (κ1) is 16.7. The predicted octanol–water partition coefficient (Wildman–Crippen LogP) is 3.51. The summed E-state index contributed by atoms with van der Waals surface area (Å²) in [6.45, 7) is 4.68. The molecule has 0 heterocycles. The van der Waals surface area contributed by atoms with Crippen LogP contribution >= 0.6 is 0 Å². The maximum atomic E-state index is 13.1. The van der Waals surface area contributed by atoms with E-state index in [2.05, 4.69) is 4.40 Å². The third-order valence-electron chi connectivity index (χ3n) is 2.33. The second-order valence-electron chi connectivity index (χ2n) is 5.00. The van der Waals surface area contributed by atoms with Crippen molar-refractivity contribution in [3.8, 4) is 5.75 Å². The molecule has 20 heavy (non-hydrogen) atoms. The molecule has 7 heteroatoms. The van der Waals surface area contributed by atoms with Crippen molar-refractivity contribution in [1.29, 1.82) is 0 Å². The van der Waals surface area contributed by atoms with Gasteiger partial charge < -0.3 is 4.74 Å². The Bertz CT molecular complexity index is 533. The summed E-state index contributed by atoms with van der Waals surface area (Å²) in [6.07, 6.45) is -4.71. The number of nitrogens with zero attached hydrogens (tertiary/aromatic N) is 1. The van der Waals surface area contributed by atoms with Gasteiger partial charge in [0.15, 0.2) is 5.71 Å². The van der Waals surface area contributed by atoms with E-state index in [1.807, 2.05) is 0 Å². The highest BCUT2D eigenvalue weighted by molar-refractivity contribution is 7.85. The molecule has 1 aromatic carbocycles. The molecule has 1 rings (SSSR count). The number of benzene rings is 1. The number of para-hydroxylation sites is 1. The summed E-state index contributed by atoms with van der Waals surface area (Å²) in [4.78, 5) is 0. The van der Waals surface area contributed by atoms with Crippen molar-refractivity contribution in [2.45, 2.75) is 31.7 Å². The highest BCUT2D eigenvalue weighted by Crippen LogP contribution is 2.29. The smallest absolute Gasteiger partial charge is 0.434 e. The highest BCUT2D eigenvalue weighted by Gasteiger charge is 2.39. The number of halogens is 3. The molecule has 0 fully saturated rings. The molecule has 3 nitrogen and oxygen atoms in total. The van der Waals surface area contributed by atoms with Gasteiger partial charge in [0.2, 0.25) is 0 Å². The summed E-state index contributed by atoms with van der Waals surface area (Å²) in [5, 5.41) is 0. The van der Waals surface area contributed by atoms with Crippen LogP contribution in [0.15, 0.2) is 28.7 Å². The molecule has 0 N–H and O–H groups in total. The summed E-state index contributed by atoms with van der Waals surface area (Å²) in [7, 11) is -0.741. The van der Waals surface area contributed by atoms with E-state index in [1.165, 1.54) is 25.3 Å². The van der Waals surface area contributed by atoms with E-state index < -0.39 is 27.6 Å². The van der Waals surface area contributed by atoms with Gasteiger partial charge in [-0.3, -0.25) is 0 Å². The van der Waals surface area contributed by atoms with E-state index in [4.69, 9.17) is 4.74 Å². The Morgan fingerprint density at radius 3 is 2.20 bits per heavy atom. The molecule has 112 valence electrons. The Morgan fingerprint density at radius 1 is 1.20 bits per heavy atom. The minimum absolute atomic E-state index is 0.0366. The van der Waals surface area contributed by atoms with Gasteiger partial charge in [0.25, 0.3) is 0 Å². The lowest BCUT2D eigenvalue weighted by atomic mass is 10.1. The van der Waals surface area contributed by atoms with Gasteiger partial charge >= 0.3 is 6.18 Å². The van der Waals surface area contributed by atoms with Crippen LogP contribution < -0.4 is 4.74 Å². The molecular weight excluding hydrogens is 291 g/mol. The normalized spacial score (nSPS) is 15.1. The van der Waals surface area contributed by atoms with E-state index in [-0.39, 0.29) is 11.3 Å². The minimum Gasteiger partial charge on any atom is -0.496 e. The van der Waals surface area contributed by atoms with Crippen LogP contribution in [0.5, 0.6) is 5.75 Å². The lowest BCUT2D eigenvalue weighted by Gasteiger charge is -2.17. The molecule has 1 aromatic rings. The van der Waals surface area contributed by atoms with Gasteiger partial charge in [-0.25, -0.2) is 4.21 Å². The number of hydrogen-bond acceptors (Lipinski definition) is 2. The Morgan fingerprint density at radius 2 is 1.75 bits per heavy atom. The van der Waals surface area contributed by atoms with Crippen molar-refractivity contribution in [3.05, 3.63) is 29.8 Å². The van der Waals surface area contributed by atoms with Crippen LogP contribution in [0.1, 0.15) is 26.3 Å². The van der Waals surface area contributed by atoms with Crippen molar-refractivity contribution in [3.63, 3.8) is 0 Å². The number of rotatable bonds is 3. The summed E-state index contributed by atoms with van der Waals surface area (Å²) in [6, 6.07) is 5.64. The molecule has 0 bridgehead atoms. The van der Waals surface area contributed by atoms with Crippen molar-refractivity contribution >= 4 is 16.7 Å². The topological polar surface area (TPSA) is 38.7 Å². The zero-order chi connectivity index (χ0) is 15.6. The highest BCUT2D eigenvalue weighted by atomic mass is 32.2. The van der Waals surface area contributed by atoms with Crippen LogP contribution in [-0.2, 0) is 11.0 Å². The summed E-state index contributed by atoms with van der Waals surface area (Å²) < 4.78 is 58.7. The van der Waals surface area contributed by atoms with E-state index in [0.717, 1.165) is 0 Å². The van der Waals surface area contributed by atoms with Crippen LogP contribution in [0.3, 0.4) is 0 Å². The van der Waals surface area contributed by atoms with Gasteiger partial charge in [-0.05, 0) is 32.9 Å². The number of methoxy groups -OCH3 is 1. The number of hydrogen-bond donors (Lipinski definition) is 0. The first-order valence-corrected chi connectivity index (χ1v) is 6.89. The fourth-order valence-corrected chi connectivity index (χ4v) is 1.96. The van der Waals surface area contributed by atoms with E-state index >= 15 is 0 Å². The van der Waals surface area contributed by atoms with E-state index in [0.29, 0.717) is 0 Å². The summed E-state index contributed by atoms with van der Waals surface area (Å²) >= 11 is 0. The second-order valence-corrected chi connectivity index (χ2v) is 6.91. The number of ether oxygens (including phenoxy) is 1. The first-order chi connectivity index (χ1) is 9.07. The van der Waals surface area contributed by atoms with Crippen molar-refractivity contribution in [2.24, 2.45) is 4.40 Å². The Kier molecular flexibility index (Phi) is 4.96. The molecule has 0 saturated carbocycles. The van der Waals surface area contributed by atoms with Crippen LogP contribution in [0, 0.1) is 0 Å². The van der Waals surface area contributed by atoms with Crippen molar-refractivity contribution < 1.29 is 22.1 Å². The monoisotopic (exact) mass is 307 g/mol. The molecule has 0 radical (unpaired) electrons. The first-order valence-electron chi connectivity index (χ1n) is 5.78. The molecule has 0 unspecified atom stereocenters. The third-order valence-corrected chi connectivity index (χ3v) is 3.72. The van der Waals surface area contributed by atoms with Crippen molar-refractivity contribution in [1.82, 2.24) is 0 Å². The lowest BCUT2D eigenvalue weighted by Crippen LogP contribution is -2.28. The summed E-state index contributed by atoms with van der Waals surface area (Å²) in [5.41, 5.74) is -1.41. The molecule has 0 aliphatic rings. The molecule has 0 aliphatic carbocycles. The van der Waals surface area contributed by atoms with Crippen molar-refractivity contribution in [2.75, 3.05) is 7.11 Å². The van der Waals surface area contributed by atoms with Crippen LogP contribution in [-0.4, -0.2) is 28.0 Å². The molecule has 0 spiro atoms. The quantitative estimate of drug-likeness (QED) is 0.802. The van der Waals surface area contributed by atoms with Gasteiger partial charge in [-0.15, -0.1) is 0 Å². The Hall–Kier alpha value is -1.37. The van der Waals surface area contributed by atoms with Gasteiger partial charge in [-0.2, -0.15) is 17.6 Å². The summed E-state index contributed by atoms with van der Waals surface area (Å²) in [5.74, 6) is 0.0366. The average molecular weight is 307 g/mol. The molecule has 1 atom stereocenters. The molecule has 0 aromatic heterocycles. The Balaban J connectivity index is 3.42. The standard InChI is InChI=1S/C13H16F3NO2S/c1-12(2,3)20(18)17-11(13(14,15)16)9-7-5-6-8-10(9)19-4/h5-8H,1-4H3/b17-11-/t20-/m0/s1. The average Bonchev–Trinajstić information content (AvgIpc) is 2.33. The fraction of sp³-hybridized carbons (Fsp3) is 0.462. The number of alkyl halides is 3. The minimum atomic E-state index is -4.71. The van der Waals surface area contributed by atoms with Crippen LogP contribution in [0.2, 0.25) is 0 Å². The lowest BCUT2D eigenvalue weighted by molar-refractivity contribution is -0.0579. The molecule has 0 saturated heterocycles. The van der Waals surface area contributed by atoms with Crippen LogP contribution in [0.25, 0.3) is 0 Å². The zero-order valence-corrected chi connectivity index (χ0v) is 12.4. The zero-order valence-electron chi connectivity index (χ0n) is 11.6. The van der Waals surface area contributed by atoms with Gasteiger partial charge in [0.05, 0.1) is 11.9 Å². The molecular formula is C13H16F3NO2S. The maximum Gasteiger partial charge on any atom is 0.434 e. The fourth-order valence-electron chi connectivity index (χ4n) is 1.31. The predicted molar refractivity (Wildman–Crippen MR) is 73.5 cm³/mol. The Labute approximate surface area is 118 Å². The molecule has 0 aliphatic heterocycles. The SMILES string of the molecule is COc1ccccc1/C(=N/[S@@](=O)C(C)(C)C)C(F)(F)F. The van der Waals surface area contributed by atoms with E-state index in [9.17, 15) is 17.4 Å². The third kappa shape index (κ3) is 4.06. The van der Waals surface area contributed by atoms with E-state index in [1.54, 1.807) is 26.8 Å². The van der Waals surface area contributed by atoms with Gasteiger partial charge in [0.1, 0.15) is 16.7 Å². The van der Waals surface area contributed by atoms with Gasteiger partial charge in [0, 0.05) is 5.56 Å². The largest absolute Gasteiger partial charge is 0.496 e.